The predicted octanol–water partition coefficient (Wildman–Crippen LogP) is 0.707. The van der Waals surface area contributed by atoms with Gasteiger partial charge in [-0.05, 0) is 26.8 Å². The minimum atomic E-state index is 0.404. The molecule has 1 unspecified atom stereocenters. The van der Waals surface area contributed by atoms with Gasteiger partial charge in [0.2, 0.25) is 0 Å². The Balaban J connectivity index is 2.03. The van der Waals surface area contributed by atoms with Gasteiger partial charge in [0.1, 0.15) is 0 Å². The summed E-state index contributed by atoms with van der Waals surface area (Å²) in [7, 11) is 0. The van der Waals surface area contributed by atoms with E-state index in [0.717, 1.165) is 32.8 Å². The van der Waals surface area contributed by atoms with Gasteiger partial charge >= 0.3 is 0 Å². The molecule has 0 radical (unpaired) electrons. The van der Waals surface area contributed by atoms with Crippen LogP contribution in [0.3, 0.4) is 0 Å². The molecule has 2 fully saturated rings. The van der Waals surface area contributed by atoms with Crippen molar-refractivity contribution in [1.29, 1.82) is 0 Å². The lowest BCUT2D eigenvalue weighted by atomic mass is 9.87. The molecule has 2 saturated heterocycles. The van der Waals surface area contributed by atoms with Gasteiger partial charge < -0.3 is 10.1 Å². The number of nitrogens with zero attached hydrogens (tertiary/aromatic N) is 1. The molecule has 2 rings (SSSR count). The average molecular weight is 198 g/mol. The summed E-state index contributed by atoms with van der Waals surface area (Å²) >= 11 is 0. The summed E-state index contributed by atoms with van der Waals surface area (Å²) in [6.07, 6.45) is 1.27. The molecular weight excluding hydrogens is 176 g/mol. The highest BCUT2D eigenvalue weighted by atomic mass is 16.5. The van der Waals surface area contributed by atoms with E-state index in [9.17, 15) is 0 Å². The van der Waals surface area contributed by atoms with Crippen LogP contribution in [0.15, 0.2) is 0 Å². The summed E-state index contributed by atoms with van der Waals surface area (Å²) in [5, 5.41) is 3.46. The molecule has 0 amide bonds. The van der Waals surface area contributed by atoms with Gasteiger partial charge in [-0.15, -0.1) is 0 Å². The number of ether oxygens (including phenoxy) is 1. The fourth-order valence-corrected chi connectivity index (χ4v) is 2.52. The summed E-state index contributed by atoms with van der Waals surface area (Å²) < 4.78 is 5.73. The highest BCUT2D eigenvalue weighted by Gasteiger charge is 2.37. The second kappa shape index (κ2) is 4.17. The summed E-state index contributed by atoms with van der Waals surface area (Å²) in [4.78, 5) is 2.56. The van der Waals surface area contributed by atoms with Gasteiger partial charge in [0.25, 0.3) is 0 Å². The van der Waals surface area contributed by atoms with Crippen molar-refractivity contribution in [2.24, 2.45) is 5.41 Å². The first kappa shape index (κ1) is 10.4. The molecule has 1 N–H and O–H groups in total. The molecule has 82 valence electrons. The quantitative estimate of drug-likeness (QED) is 0.671. The minimum Gasteiger partial charge on any atom is -0.379 e. The van der Waals surface area contributed by atoms with Crippen LogP contribution in [-0.2, 0) is 4.74 Å². The Morgan fingerprint density at radius 3 is 2.93 bits per heavy atom. The topological polar surface area (TPSA) is 24.5 Å². The van der Waals surface area contributed by atoms with E-state index < -0.39 is 0 Å². The Hall–Kier alpha value is -0.120. The molecule has 3 heteroatoms. The van der Waals surface area contributed by atoms with E-state index in [-0.39, 0.29) is 0 Å². The monoisotopic (exact) mass is 198 g/mol. The van der Waals surface area contributed by atoms with Crippen LogP contribution in [0.5, 0.6) is 0 Å². The number of rotatable bonds is 1. The van der Waals surface area contributed by atoms with Crippen LogP contribution in [0, 0.1) is 5.41 Å². The normalized spacial score (nSPS) is 35.4. The van der Waals surface area contributed by atoms with Gasteiger partial charge in [0.15, 0.2) is 0 Å². The van der Waals surface area contributed by atoms with E-state index in [1.807, 2.05) is 0 Å². The minimum absolute atomic E-state index is 0.404. The Kier molecular flexibility index (Phi) is 3.10. The van der Waals surface area contributed by atoms with Gasteiger partial charge in [-0.3, -0.25) is 4.90 Å². The van der Waals surface area contributed by atoms with Gasteiger partial charge in [-0.1, -0.05) is 0 Å². The molecule has 2 heterocycles. The molecule has 1 spiro atoms. The molecule has 1 atom stereocenters. The van der Waals surface area contributed by atoms with Gasteiger partial charge in [-0.25, -0.2) is 0 Å². The lowest BCUT2D eigenvalue weighted by Crippen LogP contribution is -2.43. The first-order valence-electron chi connectivity index (χ1n) is 5.74. The van der Waals surface area contributed by atoms with Crippen molar-refractivity contribution in [3.63, 3.8) is 0 Å². The third-order valence-electron chi connectivity index (χ3n) is 3.53. The molecule has 0 bridgehead atoms. The molecule has 3 nitrogen and oxygen atoms in total. The largest absolute Gasteiger partial charge is 0.379 e. The maximum absolute atomic E-state index is 5.73. The van der Waals surface area contributed by atoms with Crippen molar-refractivity contribution in [3.05, 3.63) is 0 Å². The Morgan fingerprint density at radius 2 is 2.29 bits per heavy atom. The molecule has 0 aromatic rings. The van der Waals surface area contributed by atoms with Crippen molar-refractivity contribution < 1.29 is 4.74 Å². The Morgan fingerprint density at radius 1 is 1.43 bits per heavy atom. The third-order valence-corrected chi connectivity index (χ3v) is 3.53. The van der Waals surface area contributed by atoms with E-state index in [1.165, 1.54) is 13.0 Å². The zero-order valence-corrected chi connectivity index (χ0v) is 9.38. The van der Waals surface area contributed by atoms with Gasteiger partial charge in [0, 0.05) is 31.1 Å². The highest BCUT2D eigenvalue weighted by molar-refractivity contribution is 4.92. The average Bonchev–Trinajstić information content (AvgIpc) is 2.47. The van der Waals surface area contributed by atoms with Crippen molar-refractivity contribution >= 4 is 0 Å². The lowest BCUT2D eigenvalue weighted by molar-refractivity contribution is 0.0783. The second-order valence-corrected chi connectivity index (χ2v) is 5.04. The Bertz CT molecular complexity index is 188. The smallest absolute Gasteiger partial charge is 0.0593 e. The van der Waals surface area contributed by atoms with Crippen molar-refractivity contribution in [2.75, 3.05) is 39.4 Å². The molecule has 14 heavy (non-hydrogen) atoms. The summed E-state index contributed by atoms with van der Waals surface area (Å²) in [6.45, 7) is 11.0. The number of nitrogens with one attached hydrogen (secondary N) is 1. The fourth-order valence-electron chi connectivity index (χ4n) is 2.52. The van der Waals surface area contributed by atoms with Crippen LogP contribution in [0.1, 0.15) is 20.3 Å². The zero-order chi connectivity index (χ0) is 10.0. The van der Waals surface area contributed by atoms with Crippen molar-refractivity contribution in [1.82, 2.24) is 10.2 Å². The molecular formula is C11H22N2O. The molecule has 2 aliphatic heterocycles. The van der Waals surface area contributed by atoms with Crippen LogP contribution in [0.2, 0.25) is 0 Å². The number of hydrogen-bond donors (Lipinski definition) is 1. The predicted molar refractivity (Wildman–Crippen MR) is 57.4 cm³/mol. The summed E-state index contributed by atoms with van der Waals surface area (Å²) in [5.74, 6) is 0. The van der Waals surface area contributed by atoms with Gasteiger partial charge in [-0.2, -0.15) is 0 Å². The fraction of sp³-hybridized carbons (Fsp3) is 1.00. The molecule has 2 aliphatic rings. The molecule has 0 saturated carbocycles. The first-order chi connectivity index (χ1) is 6.72. The van der Waals surface area contributed by atoms with E-state index in [4.69, 9.17) is 4.74 Å². The van der Waals surface area contributed by atoms with Crippen LogP contribution in [0.25, 0.3) is 0 Å². The van der Waals surface area contributed by atoms with Crippen LogP contribution < -0.4 is 5.32 Å². The van der Waals surface area contributed by atoms with Crippen LogP contribution in [0.4, 0.5) is 0 Å². The molecule has 0 aliphatic carbocycles. The highest BCUT2D eigenvalue weighted by Crippen LogP contribution is 2.29. The van der Waals surface area contributed by atoms with E-state index in [0.29, 0.717) is 11.5 Å². The lowest BCUT2D eigenvalue weighted by Gasteiger charge is -2.33. The SMILES string of the molecule is CC(C)N1CCOCC2(CCNC2)C1. The van der Waals surface area contributed by atoms with E-state index in [2.05, 4.69) is 24.1 Å². The molecule has 0 aromatic carbocycles. The van der Waals surface area contributed by atoms with E-state index in [1.54, 1.807) is 0 Å². The van der Waals surface area contributed by atoms with E-state index >= 15 is 0 Å². The maximum atomic E-state index is 5.73. The maximum Gasteiger partial charge on any atom is 0.0593 e. The number of hydrogen-bond acceptors (Lipinski definition) is 3. The van der Waals surface area contributed by atoms with Crippen LogP contribution >= 0.6 is 0 Å². The van der Waals surface area contributed by atoms with Crippen molar-refractivity contribution in [2.45, 2.75) is 26.3 Å². The first-order valence-corrected chi connectivity index (χ1v) is 5.74. The van der Waals surface area contributed by atoms with Crippen LogP contribution in [-0.4, -0.2) is 50.3 Å². The standard InChI is InChI=1S/C11H22N2O/c1-10(2)13-5-6-14-9-11(8-13)3-4-12-7-11/h10,12H,3-9H2,1-2H3. The van der Waals surface area contributed by atoms with Crippen molar-refractivity contribution in [3.8, 4) is 0 Å². The third kappa shape index (κ3) is 2.10. The second-order valence-electron chi connectivity index (χ2n) is 5.04. The molecule has 0 aromatic heterocycles. The summed E-state index contributed by atoms with van der Waals surface area (Å²) in [6, 6.07) is 0.647. The Labute approximate surface area is 86.8 Å². The van der Waals surface area contributed by atoms with Gasteiger partial charge in [0.05, 0.1) is 13.2 Å². The summed E-state index contributed by atoms with van der Waals surface area (Å²) in [5.41, 5.74) is 0.404. The zero-order valence-electron chi connectivity index (χ0n) is 9.38.